The lowest BCUT2D eigenvalue weighted by atomic mass is 10.1. The first-order valence-electron chi connectivity index (χ1n) is 7.81. The summed E-state index contributed by atoms with van der Waals surface area (Å²) in [7, 11) is 1.56. The molecule has 0 saturated heterocycles. The highest BCUT2D eigenvalue weighted by Crippen LogP contribution is 2.23. The Hall–Kier alpha value is -3.06. The summed E-state index contributed by atoms with van der Waals surface area (Å²) in [6, 6.07) is 10.6. The van der Waals surface area contributed by atoms with Gasteiger partial charge in [0.25, 0.3) is 0 Å². The summed E-state index contributed by atoms with van der Waals surface area (Å²) in [4.78, 5) is 29.2. The van der Waals surface area contributed by atoms with Crippen LogP contribution in [-0.2, 0) is 11.2 Å². The maximum Gasteiger partial charge on any atom is 0.233 e. The van der Waals surface area contributed by atoms with Gasteiger partial charge in [-0.2, -0.15) is 9.97 Å². The van der Waals surface area contributed by atoms with Crippen LogP contribution in [0.1, 0.15) is 11.4 Å². The minimum Gasteiger partial charge on any atom is -0.497 e. The van der Waals surface area contributed by atoms with Gasteiger partial charge in [-0.25, -0.2) is 4.98 Å². The van der Waals surface area contributed by atoms with Gasteiger partial charge in [0.1, 0.15) is 17.3 Å². The van der Waals surface area contributed by atoms with Gasteiger partial charge in [-0.1, -0.05) is 23.7 Å². The maximum absolute atomic E-state index is 12.3. The third-order valence-corrected chi connectivity index (χ3v) is 3.86. The summed E-state index contributed by atoms with van der Waals surface area (Å²) >= 11 is 6.18. The molecule has 132 valence electrons. The van der Waals surface area contributed by atoms with Crippen molar-refractivity contribution in [2.75, 3.05) is 12.4 Å². The van der Waals surface area contributed by atoms with E-state index in [2.05, 4.69) is 25.3 Å². The van der Waals surface area contributed by atoms with Crippen molar-refractivity contribution in [3.05, 3.63) is 59.0 Å². The molecule has 0 spiro atoms. The lowest BCUT2D eigenvalue weighted by Crippen LogP contribution is -2.17. The van der Waals surface area contributed by atoms with Crippen LogP contribution in [0.25, 0.3) is 11.5 Å². The topological polar surface area (TPSA) is 89.9 Å². The Morgan fingerprint density at radius 2 is 2.04 bits per heavy atom. The second-order valence-electron chi connectivity index (χ2n) is 5.43. The number of benzene rings is 1. The van der Waals surface area contributed by atoms with Crippen molar-refractivity contribution < 1.29 is 9.53 Å². The lowest BCUT2D eigenvalue weighted by Gasteiger charge is -2.08. The predicted molar refractivity (Wildman–Crippen MR) is 98.1 cm³/mol. The van der Waals surface area contributed by atoms with Crippen molar-refractivity contribution in [1.29, 1.82) is 0 Å². The number of hydrogen-bond acceptors (Lipinski definition) is 6. The largest absolute Gasteiger partial charge is 0.497 e. The normalized spacial score (nSPS) is 10.4. The van der Waals surface area contributed by atoms with E-state index >= 15 is 0 Å². The van der Waals surface area contributed by atoms with Gasteiger partial charge in [-0.05, 0) is 36.8 Å². The molecule has 3 aromatic rings. The van der Waals surface area contributed by atoms with Gasteiger partial charge in [-0.3, -0.25) is 15.1 Å². The molecule has 0 atom stereocenters. The van der Waals surface area contributed by atoms with Crippen LogP contribution >= 0.6 is 11.6 Å². The highest BCUT2D eigenvalue weighted by Gasteiger charge is 2.12. The fourth-order valence-corrected chi connectivity index (χ4v) is 2.52. The van der Waals surface area contributed by atoms with Gasteiger partial charge in [0.15, 0.2) is 5.82 Å². The molecule has 0 aliphatic carbocycles. The zero-order valence-electron chi connectivity index (χ0n) is 14.2. The number of nitrogens with zero attached hydrogens (tertiary/aromatic N) is 4. The molecule has 0 saturated carbocycles. The molecule has 3 rings (SSSR count). The van der Waals surface area contributed by atoms with E-state index in [-0.39, 0.29) is 18.3 Å². The summed E-state index contributed by atoms with van der Waals surface area (Å²) < 4.78 is 5.10. The summed E-state index contributed by atoms with van der Waals surface area (Å²) in [5, 5.41) is 3.14. The van der Waals surface area contributed by atoms with Crippen LogP contribution in [-0.4, -0.2) is 33.0 Å². The number of carbonyl (C=O) groups is 1. The van der Waals surface area contributed by atoms with Crippen LogP contribution in [0.5, 0.6) is 5.75 Å². The second kappa shape index (κ2) is 7.88. The first-order valence-corrected chi connectivity index (χ1v) is 8.19. The summed E-state index contributed by atoms with van der Waals surface area (Å²) in [6.45, 7) is 1.73. The maximum atomic E-state index is 12.3. The SMILES string of the molecule is COc1ccc(CC(=O)Nc2nc(C)nc(-c3ccccn3)n2)c(Cl)c1. The van der Waals surface area contributed by atoms with Gasteiger partial charge in [0.05, 0.1) is 13.5 Å². The number of rotatable bonds is 5. The number of nitrogens with one attached hydrogen (secondary N) is 1. The van der Waals surface area contributed by atoms with E-state index in [0.717, 1.165) is 0 Å². The molecule has 8 heteroatoms. The van der Waals surface area contributed by atoms with Crippen LogP contribution < -0.4 is 10.1 Å². The van der Waals surface area contributed by atoms with E-state index in [1.165, 1.54) is 0 Å². The fourth-order valence-electron chi connectivity index (χ4n) is 2.29. The molecule has 26 heavy (non-hydrogen) atoms. The number of carbonyl (C=O) groups excluding carboxylic acids is 1. The molecule has 0 aliphatic heterocycles. The quantitative estimate of drug-likeness (QED) is 0.743. The third-order valence-electron chi connectivity index (χ3n) is 3.50. The molecular formula is C18H16ClN5O2. The van der Waals surface area contributed by atoms with E-state index in [0.29, 0.717) is 33.7 Å². The summed E-state index contributed by atoms with van der Waals surface area (Å²) in [5.74, 6) is 1.41. The number of aromatic nitrogens is 4. The Morgan fingerprint density at radius 1 is 1.19 bits per heavy atom. The number of aryl methyl sites for hydroxylation is 1. The van der Waals surface area contributed by atoms with E-state index in [1.807, 2.05) is 6.07 Å². The van der Waals surface area contributed by atoms with Crippen LogP contribution in [0, 0.1) is 6.92 Å². The molecule has 1 amide bonds. The molecule has 1 N–H and O–H groups in total. The Morgan fingerprint density at radius 3 is 2.73 bits per heavy atom. The van der Waals surface area contributed by atoms with E-state index in [4.69, 9.17) is 16.3 Å². The average Bonchev–Trinajstić information content (AvgIpc) is 2.63. The van der Waals surface area contributed by atoms with E-state index in [9.17, 15) is 4.79 Å². The lowest BCUT2D eigenvalue weighted by molar-refractivity contribution is -0.115. The van der Waals surface area contributed by atoms with Gasteiger partial charge in [-0.15, -0.1) is 0 Å². The molecule has 7 nitrogen and oxygen atoms in total. The highest BCUT2D eigenvalue weighted by molar-refractivity contribution is 6.31. The van der Waals surface area contributed by atoms with Crippen molar-refractivity contribution in [2.24, 2.45) is 0 Å². The van der Waals surface area contributed by atoms with Gasteiger partial charge < -0.3 is 4.74 Å². The van der Waals surface area contributed by atoms with Gasteiger partial charge in [0, 0.05) is 11.2 Å². The summed E-state index contributed by atoms with van der Waals surface area (Å²) in [5.41, 5.74) is 1.28. The van der Waals surface area contributed by atoms with Crippen LogP contribution in [0.2, 0.25) is 5.02 Å². The minimum absolute atomic E-state index is 0.0898. The fraction of sp³-hybridized carbons (Fsp3) is 0.167. The molecule has 0 fully saturated rings. The highest BCUT2D eigenvalue weighted by atomic mass is 35.5. The summed E-state index contributed by atoms with van der Waals surface area (Å²) in [6.07, 6.45) is 1.74. The molecule has 0 aliphatic rings. The van der Waals surface area contributed by atoms with Crippen molar-refractivity contribution in [1.82, 2.24) is 19.9 Å². The molecule has 1 aromatic carbocycles. The van der Waals surface area contributed by atoms with Gasteiger partial charge >= 0.3 is 0 Å². The molecule has 0 radical (unpaired) electrons. The zero-order valence-corrected chi connectivity index (χ0v) is 15.0. The number of hydrogen-bond donors (Lipinski definition) is 1. The molecule has 0 unspecified atom stereocenters. The van der Waals surface area contributed by atoms with Crippen molar-refractivity contribution >= 4 is 23.5 Å². The number of anilines is 1. The van der Waals surface area contributed by atoms with Crippen molar-refractivity contribution in [2.45, 2.75) is 13.3 Å². The third kappa shape index (κ3) is 4.31. The number of methoxy groups -OCH3 is 1. The molecular weight excluding hydrogens is 354 g/mol. The standard InChI is InChI=1S/C18H16ClN5O2/c1-11-21-17(15-5-3-4-8-20-15)24-18(22-11)23-16(25)9-12-6-7-13(26-2)10-14(12)19/h3-8,10H,9H2,1-2H3,(H,21,22,23,24,25). The Kier molecular flexibility index (Phi) is 5.38. The Labute approximate surface area is 155 Å². The monoisotopic (exact) mass is 369 g/mol. The van der Waals surface area contributed by atoms with Crippen molar-refractivity contribution in [3.8, 4) is 17.3 Å². The number of halogens is 1. The number of pyridine rings is 1. The van der Waals surface area contributed by atoms with E-state index < -0.39 is 0 Å². The van der Waals surface area contributed by atoms with Crippen LogP contribution in [0.3, 0.4) is 0 Å². The first-order chi connectivity index (χ1) is 12.5. The Balaban J connectivity index is 1.76. The van der Waals surface area contributed by atoms with E-state index in [1.54, 1.807) is 50.6 Å². The van der Waals surface area contributed by atoms with Crippen LogP contribution in [0.4, 0.5) is 5.95 Å². The number of amides is 1. The predicted octanol–water partition coefficient (Wildman–Crippen LogP) is 3.09. The zero-order chi connectivity index (χ0) is 18.5. The average molecular weight is 370 g/mol. The number of ether oxygens (including phenoxy) is 1. The first kappa shape index (κ1) is 17.8. The second-order valence-corrected chi connectivity index (χ2v) is 5.83. The molecule has 2 heterocycles. The molecule has 2 aromatic heterocycles. The minimum atomic E-state index is -0.283. The Bertz CT molecular complexity index is 934. The smallest absolute Gasteiger partial charge is 0.233 e. The molecule has 0 bridgehead atoms. The van der Waals surface area contributed by atoms with Gasteiger partial charge in [0.2, 0.25) is 11.9 Å². The van der Waals surface area contributed by atoms with Crippen LogP contribution in [0.15, 0.2) is 42.6 Å². The van der Waals surface area contributed by atoms with Crippen molar-refractivity contribution in [3.63, 3.8) is 0 Å².